The number of amides is 1. The second-order valence-electron chi connectivity index (χ2n) is 6.12. The van der Waals surface area contributed by atoms with Crippen LogP contribution in [0.3, 0.4) is 0 Å². The largest absolute Gasteiger partial charge is 0.507 e. The lowest BCUT2D eigenvalue weighted by atomic mass is 10.00. The second kappa shape index (κ2) is 7.77. The Morgan fingerprint density at radius 1 is 1.29 bits per heavy atom. The smallest absolute Gasteiger partial charge is 0.322 e. The molecule has 1 aliphatic rings. The number of ether oxygens (including phenoxy) is 1. The minimum absolute atomic E-state index is 0.0422. The van der Waals surface area contributed by atoms with Crippen molar-refractivity contribution in [3.8, 4) is 11.5 Å². The number of aliphatic carboxylic acids is 1. The predicted octanol–water partition coefficient (Wildman–Crippen LogP) is 3.19. The van der Waals surface area contributed by atoms with Crippen LogP contribution in [0.2, 0.25) is 5.02 Å². The molecule has 1 heterocycles. The first kappa shape index (κ1) is 19.5. The Morgan fingerprint density at radius 2 is 2.04 bits per heavy atom. The number of rotatable bonds is 5. The highest BCUT2D eigenvalue weighted by Crippen LogP contribution is 2.37. The van der Waals surface area contributed by atoms with Gasteiger partial charge in [0.2, 0.25) is 0 Å². The fraction of sp³-hybridized carbons (Fsp3) is 0.158. The van der Waals surface area contributed by atoms with Crippen molar-refractivity contribution in [1.29, 1.82) is 0 Å². The summed E-state index contributed by atoms with van der Waals surface area (Å²) in [7, 11) is 1.69. The summed E-state index contributed by atoms with van der Waals surface area (Å²) in [6.07, 6.45) is 0. The average Bonchev–Trinajstić information content (AvgIpc) is 2.65. The SMILES string of the molecule is CN1CC(C(=O)NCC(=O)O)=C(O)c2ccc(Oc3cc(Cl)ccc3F)cc21. The van der Waals surface area contributed by atoms with Gasteiger partial charge in [0.15, 0.2) is 11.6 Å². The van der Waals surface area contributed by atoms with Crippen molar-refractivity contribution in [1.82, 2.24) is 5.32 Å². The fourth-order valence-corrected chi connectivity index (χ4v) is 2.94. The molecule has 0 atom stereocenters. The van der Waals surface area contributed by atoms with E-state index in [1.165, 1.54) is 30.3 Å². The van der Waals surface area contributed by atoms with Gasteiger partial charge in [0.1, 0.15) is 18.1 Å². The molecule has 146 valence electrons. The van der Waals surface area contributed by atoms with Gasteiger partial charge in [-0.15, -0.1) is 0 Å². The highest BCUT2D eigenvalue weighted by Gasteiger charge is 2.27. The number of carboxylic acid groups (broad SMARTS) is 1. The van der Waals surface area contributed by atoms with Crippen LogP contribution in [-0.2, 0) is 9.59 Å². The molecule has 9 heteroatoms. The number of aliphatic hydroxyl groups is 1. The summed E-state index contributed by atoms with van der Waals surface area (Å²) in [4.78, 5) is 24.4. The molecule has 1 aliphatic heterocycles. The first-order valence-corrected chi connectivity index (χ1v) is 8.54. The fourth-order valence-electron chi connectivity index (χ4n) is 2.78. The number of carboxylic acids is 1. The highest BCUT2D eigenvalue weighted by molar-refractivity contribution is 6.30. The molecule has 2 aromatic rings. The molecule has 0 fully saturated rings. The van der Waals surface area contributed by atoms with E-state index in [9.17, 15) is 19.1 Å². The molecule has 0 aliphatic carbocycles. The molecule has 0 spiro atoms. The third kappa shape index (κ3) is 4.01. The van der Waals surface area contributed by atoms with Crippen molar-refractivity contribution in [3.05, 3.63) is 58.4 Å². The number of hydrogen-bond acceptors (Lipinski definition) is 5. The molecule has 0 saturated heterocycles. The highest BCUT2D eigenvalue weighted by atomic mass is 35.5. The molecule has 0 bridgehead atoms. The maximum Gasteiger partial charge on any atom is 0.322 e. The molecule has 7 nitrogen and oxygen atoms in total. The third-order valence-corrected chi connectivity index (χ3v) is 4.35. The molecule has 1 amide bonds. The van der Waals surface area contributed by atoms with Crippen LogP contribution in [0.5, 0.6) is 11.5 Å². The zero-order chi connectivity index (χ0) is 20.4. The van der Waals surface area contributed by atoms with Gasteiger partial charge in [0.05, 0.1) is 17.8 Å². The number of carbonyl (C=O) groups excluding carboxylic acids is 1. The van der Waals surface area contributed by atoms with E-state index in [4.69, 9.17) is 21.4 Å². The van der Waals surface area contributed by atoms with Gasteiger partial charge in [-0.1, -0.05) is 11.6 Å². The van der Waals surface area contributed by atoms with Gasteiger partial charge in [-0.2, -0.15) is 0 Å². The van der Waals surface area contributed by atoms with Crippen molar-refractivity contribution < 1.29 is 28.9 Å². The lowest BCUT2D eigenvalue weighted by molar-refractivity contribution is -0.137. The van der Waals surface area contributed by atoms with Crippen LogP contribution in [0.4, 0.5) is 10.1 Å². The number of fused-ring (bicyclic) bond motifs is 1. The van der Waals surface area contributed by atoms with Crippen molar-refractivity contribution >= 4 is 34.9 Å². The minimum atomic E-state index is -1.19. The first-order chi connectivity index (χ1) is 13.3. The summed E-state index contributed by atoms with van der Waals surface area (Å²) in [6, 6.07) is 8.59. The molecule has 0 unspecified atom stereocenters. The number of halogens is 2. The van der Waals surface area contributed by atoms with Crippen molar-refractivity contribution in [2.24, 2.45) is 0 Å². The molecule has 0 saturated carbocycles. The third-order valence-electron chi connectivity index (χ3n) is 4.11. The van der Waals surface area contributed by atoms with E-state index in [1.807, 2.05) is 0 Å². The topological polar surface area (TPSA) is 99.1 Å². The Balaban J connectivity index is 1.90. The monoisotopic (exact) mass is 406 g/mol. The lowest BCUT2D eigenvalue weighted by Gasteiger charge is -2.29. The van der Waals surface area contributed by atoms with Crippen molar-refractivity contribution in [3.63, 3.8) is 0 Å². The van der Waals surface area contributed by atoms with Gasteiger partial charge < -0.3 is 25.2 Å². The molecule has 3 rings (SSSR count). The Labute approximate surface area is 164 Å². The normalized spacial score (nSPS) is 13.2. The summed E-state index contributed by atoms with van der Waals surface area (Å²) in [6.45, 7) is -0.497. The number of anilines is 1. The average molecular weight is 407 g/mol. The Bertz CT molecular complexity index is 992. The van der Waals surface area contributed by atoms with E-state index in [1.54, 1.807) is 18.0 Å². The summed E-state index contributed by atoms with van der Waals surface area (Å²) in [5, 5.41) is 21.7. The second-order valence-corrected chi connectivity index (χ2v) is 6.55. The zero-order valence-corrected chi connectivity index (χ0v) is 15.5. The van der Waals surface area contributed by atoms with Gasteiger partial charge in [-0.05, 0) is 24.3 Å². The van der Waals surface area contributed by atoms with Gasteiger partial charge >= 0.3 is 5.97 Å². The maximum atomic E-state index is 13.9. The number of nitrogens with one attached hydrogen (secondary N) is 1. The van der Waals surface area contributed by atoms with E-state index in [2.05, 4.69) is 5.32 Å². The molecule has 2 aromatic carbocycles. The van der Waals surface area contributed by atoms with E-state index < -0.39 is 24.2 Å². The van der Waals surface area contributed by atoms with E-state index in [0.717, 1.165) is 0 Å². The molecule has 3 N–H and O–H groups in total. The van der Waals surface area contributed by atoms with Crippen LogP contribution in [0.1, 0.15) is 5.56 Å². The lowest BCUT2D eigenvalue weighted by Crippen LogP contribution is -2.37. The van der Waals surface area contributed by atoms with E-state index >= 15 is 0 Å². The minimum Gasteiger partial charge on any atom is -0.507 e. The van der Waals surface area contributed by atoms with Crippen LogP contribution in [0.15, 0.2) is 42.0 Å². The van der Waals surface area contributed by atoms with Crippen molar-refractivity contribution in [2.45, 2.75) is 0 Å². The number of likely N-dealkylation sites (N-methyl/N-ethyl adjacent to an activating group) is 1. The Morgan fingerprint density at radius 3 is 2.75 bits per heavy atom. The molecule has 28 heavy (non-hydrogen) atoms. The van der Waals surface area contributed by atoms with Gasteiger partial charge in [-0.25, -0.2) is 4.39 Å². The van der Waals surface area contributed by atoms with Crippen molar-refractivity contribution in [2.75, 3.05) is 25.0 Å². The quantitative estimate of drug-likeness (QED) is 0.705. The number of nitrogens with zero attached hydrogens (tertiary/aromatic N) is 1. The number of aliphatic hydroxyl groups excluding tert-OH is 1. The van der Waals surface area contributed by atoms with E-state index in [-0.39, 0.29) is 23.6 Å². The summed E-state index contributed by atoms with van der Waals surface area (Å²) in [5.41, 5.74) is 0.978. The van der Waals surface area contributed by atoms with Gasteiger partial charge in [0.25, 0.3) is 5.91 Å². The summed E-state index contributed by atoms with van der Waals surface area (Å²) >= 11 is 5.86. The van der Waals surface area contributed by atoms with Gasteiger partial charge in [-0.3, -0.25) is 9.59 Å². The van der Waals surface area contributed by atoms with Crippen LogP contribution >= 0.6 is 11.6 Å². The zero-order valence-electron chi connectivity index (χ0n) is 14.7. The first-order valence-electron chi connectivity index (χ1n) is 8.17. The number of hydrogen-bond donors (Lipinski definition) is 3. The van der Waals surface area contributed by atoms with Crippen LogP contribution in [0.25, 0.3) is 5.76 Å². The molecular formula is C19H16ClFN2O5. The molecule has 0 aromatic heterocycles. The van der Waals surface area contributed by atoms with Gasteiger partial charge in [0, 0.05) is 29.8 Å². The summed E-state index contributed by atoms with van der Waals surface area (Å²) < 4.78 is 19.4. The number of carbonyl (C=O) groups is 2. The maximum absolute atomic E-state index is 13.9. The van der Waals surface area contributed by atoms with Crippen LogP contribution < -0.4 is 15.0 Å². The predicted molar refractivity (Wildman–Crippen MR) is 101 cm³/mol. The Hall–Kier alpha value is -3.26. The molecular weight excluding hydrogens is 391 g/mol. The van der Waals surface area contributed by atoms with E-state index in [0.29, 0.717) is 22.0 Å². The van der Waals surface area contributed by atoms with Crippen LogP contribution in [-0.4, -0.2) is 42.2 Å². The standard InChI is InChI=1S/C19H16ClFN2O5/c1-23-9-13(19(27)22-8-17(24)25)18(26)12-4-3-11(7-15(12)23)28-16-6-10(20)2-5-14(16)21/h2-7,26H,8-9H2,1H3,(H,22,27)(H,24,25). The summed E-state index contributed by atoms with van der Waals surface area (Å²) in [5.74, 6) is -2.41. The molecule has 0 radical (unpaired) electrons. The Kier molecular flexibility index (Phi) is 5.41. The number of benzene rings is 2. The van der Waals surface area contributed by atoms with Crippen LogP contribution in [0, 0.1) is 5.82 Å².